The van der Waals surface area contributed by atoms with Gasteiger partial charge in [0.1, 0.15) is 0 Å². The van der Waals surface area contributed by atoms with Crippen LogP contribution in [0.15, 0.2) is 109 Å². The van der Waals surface area contributed by atoms with Gasteiger partial charge in [0.15, 0.2) is 0 Å². The standard InChI is InChI=1S/C72H83BN2S/c1-66(2,3)47-20-23-50(24-21-47)74-60-34-49(72-40-43-30-44(41-72)32-45(31-43)42-72)35-61-63(60)73(65-64(74)52-36-53-56(39-62(52)76-65)71(13,14)29-26-68(53,7)8)57-37-54-55(70(11,12)28-27-69(54,9)10)38-59(57)75(61)58-25-22-48(67(4,5)6)33-51(58)46-18-16-15-17-19-46/h15-25,33-39,43-45H,26-32,40-42H2,1-14H3. The molecule has 0 atom stereocenters. The van der Waals surface area contributed by atoms with Gasteiger partial charge < -0.3 is 9.80 Å². The van der Waals surface area contributed by atoms with Gasteiger partial charge in [-0.05, 0) is 230 Å². The summed E-state index contributed by atoms with van der Waals surface area (Å²) in [5.41, 5.74) is 24.8. The summed E-state index contributed by atoms with van der Waals surface area (Å²) in [6, 6.07) is 45.3. The number of hydrogen-bond donors (Lipinski definition) is 0. The fraction of sp³-hybridized carbons (Fsp3) is 0.472. The van der Waals surface area contributed by atoms with E-state index in [4.69, 9.17) is 0 Å². The molecule has 7 aromatic rings. The first-order chi connectivity index (χ1) is 35.8. The Balaban J connectivity index is 1.15. The molecule has 15 rings (SSSR count). The van der Waals surface area contributed by atoms with Crippen molar-refractivity contribution in [3.8, 4) is 11.1 Å². The third-order valence-corrected chi connectivity index (χ3v) is 22.6. The van der Waals surface area contributed by atoms with Gasteiger partial charge in [0.25, 0.3) is 6.71 Å². The third-order valence-electron chi connectivity index (χ3n) is 21.4. The van der Waals surface area contributed by atoms with Gasteiger partial charge in [-0.15, -0.1) is 11.3 Å². The van der Waals surface area contributed by atoms with E-state index in [1.165, 1.54) is 152 Å². The zero-order valence-corrected chi connectivity index (χ0v) is 49.4. The van der Waals surface area contributed by atoms with Gasteiger partial charge in [-0.25, -0.2) is 0 Å². The number of rotatable bonds is 4. The van der Waals surface area contributed by atoms with E-state index in [-0.39, 0.29) is 44.6 Å². The lowest BCUT2D eigenvalue weighted by Crippen LogP contribution is -2.61. The van der Waals surface area contributed by atoms with E-state index in [0.717, 1.165) is 17.8 Å². The number of anilines is 6. The zero-order chi connectivity index (χ0) is 53.0. The number of hydrogen-bond acceptors (Lipinski definition) is 3. The van der Waals surface area contributed by atoms with Crippen LogP contribution in [0.4, 0.5) is 34.1 Å². The number of fused-ring (bicyclic) bond motifs is 8. The Bertz CT molecular complexity index is 3520. The Morgan fingerprint density at radius 2 is 1.01 bits per heavy atom. The fourth-order valence-electron chi connectivity index (χ4n) is 17.1. The summed E-state index contributed by atoms with van der Waals surface area (Å²) in [5.74, 6) is 2.51. The lowest BCUT2D eigenvalue weighted by molar-refractivity contribution is -0.00514. The molecule has 4 fully saturated rings. The highest BCUT2D eigenvalue weighted by Crippen LogP contribution is 2.63. The van der Waals surface area contributed by atoms with Crippen molar-refractivity contribution in [3.05, 3.63) is 148 Å². The number of thiophene rings is 1. The Labute approximate surface area is 461 Å². The third kappa shape index (κ3) is 7.29. The second-order valence-electron chi connectivity index (χ2n) is 30.6. The molecule has 2 nitrogen and oxygen atoms in total. The van der Waals surface area contributed by atoms with Crippen LogP contribution in [0.5, 0.6) is 0 Å². The van der Waals surface area contributed by atoms with Gasteiger partial charge in [-0.2, -0.15) is 0 Å². The largest absolute Gasteiger partial charge is 0.311 e. The second kappa shape index (κ2) is 16.0. The minimum absolute atomic E-state index is 0.0104. The molecule has 2 aliphatic heterocycles. The molecule has 3 heterocycles. The van der Waals surface area contributed by atoms with Crippen molar-refractivity contribution in [1.82, 2.24) is 0 Å². The van der Waals surface area contributed by atoms with Crippen LogP contribution < -0.4 is 25.5 Å². The van der Waals surface area contributed by atoms with Crippen molar-refractivity contribution in [2.45, 2.75) is 199 Å². The maximum absolute atomic E-state index is 2.84. The molecule has 6 aliphatic carbocycles. The predicted octanol–water partition coefficient (Wildman–Crippen LogP) is 18.4. The number of nitrogens with zero attached hydrogens (tertiary/aromatic N) is 2. The van der Waals surface area contributed by atoms with Crippen molar-refractivity contribution in [1.29, 1.82) is 0 Å². The van der Waals surface area contributed by atoms with Crippen LogP contribution in [-0.2, 0) is 37.9 Å². The van der Waals surface area contributed by atoms with Gasteiger partial charge in [0.05, 0.1) is 11.4 Å². The molecular formula is C72H83BN2S. The molecule has 0 N–H and O–H groups in total. The van der Waals surface area contributed by atoms with Crippen molar-refractivity contribution in [3.63, 3.8) is 0 Å². The van der Waals surface area contributed by atoms with Crippen LogP contribution >= 0.6 is 11.3 Å². The lowest BCUT2D eigenvalue weighted by atomic mass is 9.35. The monoisotopic (exact) mass is 1020 g/mol. The maximum atomic E-state index is 2.84. The molecule has 6 aromatic carbocycles. The summed E-state index contributed by atoms with van der Waals surface area (Å²) >= 11 is 2.11. The van der Waals surface area contributed by atoms with Gasteiger partial charge in [0, 0.05) is 43.2 Å². The van der Waals surface area contributed by atoms with E-state index >= 15 is 0 Å². The predicted molar refractivity (Wildman–Crippen MR) is 329 cm³/mol. The molecule has 0 saturated heterocycles. The van der Waals surface area contributed by atoms with E-state index in [9.17, 15) is 0 Å². The highest BCUT2D eigenvalue weighted by atomic mass is 32.1. The molecule has 0 radical (unpaired) electrons. The van der Waals surface area contributed by atoms with Crippen LogP contribution in [0, 0.1) is 17.8 Å². The van der Waals surface area contributed by atoms with Gasteiger partial charge in [-0.1, -0.05) is 152 Å². The molecule has 4 heteroatoms. The van der Waals surface area contributed by atoms with Crippen LogP contribution in [0.3, 0.4) is 0 Å². The van der Waals surface area contributed by atoms with Crippen LogP contribution in [0.1, 0.15) is 200 Å². The van der Waals surface area contributed by atoms with Gasteiger partial charge in [-0.3, -0.25) is 0 Å². The highest BCUT2D eigenvalue weighted by molar-refractivity contribution is 7.33. The fourth-order valence-corrected chi connectivity index (χ4v) is 18.4. The van der Waals surface area contributed by atoms with Crippen molar-refractivity contribution in [2.75, 3.05) is 9.80 Å². The average Bonchev–Trinajstić information content (AvgIpc) is 3.94. The molecule has 0 amide bonds. The Kier molecular flexibility index (Phi) is 10.4. The first-order valence-electron chi connectivity index (χ1n) is 29.7. The summed E-state index contributed by atoms with van der Waals surface area (Å²) < 4.78 is 2.94. The summed E-state index contributed by atoms with van der Waals surface area (Å²) in [5, 5.41) is 1.43. The smallest absolute Gasteiger partial charge is 0.264 e. The highest BCUT2D eigenvalue weighted by Gasteiger charge is 2.54. The molecule has 4 saturated carbocycles. The van der Waals surface area contributed by atoms with Crippen LogP contribution in [-0.4, -0.2) is 6.71 Å². The average molecular weight is 1020 g/mol. The summed E-state index contributed by atoms with van der Waals surface area (Å²) in [7, 11) is 0. The van der Waals surface area contributed by atoms with E-state index in [1.54, 1.807) is 22.3 Å². The first-order valence-corrected chi connectivity index (χ1v) is 30.5. The van der Waals surface area contributed by atoms with Crippen LogP contribution in [0.2, 0.25) is 0 Å². The summed E-state index contributed by atoms with van der Waals surface area (Å²) in [6.45, 7) is 34.5. The Morgan fingerprint density at radius 3 is 1.58 bits per heavy atom. The van der Waals surface area contributed by atoms with Crippen molar-refractivity contribution >= 4 is 78.0 Å². The molecule has 0 unspecified atom stereocenters. The Morgan fingerprint density at radius 1 is 0.500 bits per heavy atom. The Hall–Kier alpha value is -5.06. The quantitative estimate of drug-likeness (QED) is 0.162. The van der Waals surface area contributed by atoms with Gasteiger partial charge in [0.2, 0.25) is 0 Å². The van der Waals surface area contributed by atoms with Crippen molar-refractivity contribution < 1.29 is 0 Å². The van der Waals surface area contributed by atoms with Crippen molar-refractivity contribution in [2.24, 2.45) is 17.8 Å². The topological polar surface area (TPSA) is 6.48 Å². The minimum Gasteiger partial charge on any atom is -0.311 e. The van der Waals surface area contributed by atoms with Crippen LogP contribution in [0.25, 0.3) is 21.2 Å². The molecule has 4 bridgehead atoms. The SMILES string of the molecule is CC(C)(C)c1ccc(N2c3cc(C45CC6CC(CC(C6)C4)C5)cc4c3B(c3cc5c(cc3N4c3ccc(C(C)(C)C)cc3-c3ccccc3)C(C)(C)CCC5(C)C)c3sc4cc5c(cc4c32)C(C)(C)CCC5(C)C)cc1. The molecule has 390 valence electrons. The first kappa shape index (κ1) is 49.3. The normalized spacial score (nSPS) is 25.0. The second-order valence-corrected chi connectivity index (χ2v) is 31.7. The van der Waals surface area contributed by atoms with E-state index in [0.29, 0.717) is 0 Å². The molecule has 8 aliphatic rings. The summed E-state index contributed by atoms with van der Waals surface area (Å²) in [4.78, 5) is 5.66. The van der Waals surface area contributed by atoms with Gasteiger partial charge >= 0.3 is 0 Å². The van der Waals surface area contributed by atoms with E-state index < -0.39 is 0 Å². The minimum atomic E-state index is -0.0104. The molecule has 1 aromatic heterocycles. The number of benzene rings is 6. The maximum Gasteiger partial charge on any atom is 0.264 e. The molecular weight excluding hydrogens is 936 g/mol. The molecule has 76 heavy (non-hydrogen) atoms. The molecule has 0 spiro atoms. The lowest BCUT2D eigenvalue weighted by Gasteiger charge is -2.57. The summed E-state index contributed by atoms with van der Waals surface area (Å²) in [6.07, 6.45) is 13.1. The van der Waals surface area contributed by atoms with E-state index in [1.807, 2.05) is 0 Å². The zero-order valence-electron chi connectivity index (χ0n) is 48.6. The van der Waals surface area contributed by atoms with E-state index in [2.05, 4.69) is 227 Å².